The molecule has 3 aromatic carbocycles. The first-order chi connectivity index (χ1) is 22.2. The van der Waals surface area contributed by atoms with E-state index >= 15 is 0 Å². The zero-order valence-electron chi connectivity index (χ0n) is 24.8. The first kappa shape index (κ1) is 30.6. The molecule has 5 aromatic rings. The van der Waals surface area contributed by atoms with E-state index < -0.39 is 15.9 Å². The van der Waals surface area contributed by atoms with Gasteiger partial charge in [0.1, 0.15) is 11.5 Å². The highest BCUT2D eigenvalue weighted by atomic mass is 32.2. The number of sulfonamides is 1. The standard InChI is InChI=1S/C29H29N11O5S/c1-19-32-34-36-39(19)30-17-21-6-8-27(41)25(14-21)29(23-4-3-5-24(16-23)46(43,44)38-10-12-45-13-11-38)26-15-22(7-9-28(26)42)18-31-40-20(2)33-35-37-40/h3-9,14-18,29,41-42H,10-13H2,1-2H3. The van der Waals surface area contributed by atoms with Crippen molar-refractivity contribution in [2.24, 2.45) is 10.2 Å². The lowest BCUT2D eigenvalue weighted by Crippen LogP contribution is -2.40. The second-order valence-electron chi connectivity index (χ2n) is 10.4. The lowest BCUT2D eigenvalue weighted by atomic mass is 9.83. The Hall–Kier alpha value is -5.39. The largest absolute Gasteiger partial charge is 0.508 e. The predicted octanol–water partition coefficient (Wildman–Crippen LogP) is 1.65. The molecule has 17 heteroatoms. The van der Waals surface area contributed by atoms with Crippen molar-refractivity contribution >= 4 is 22.5 Å². The van der Waals surface area contributed by atoms with Crippen molar-refractivity contribution in [3.63, 3.8) is 0 Å². The van der Waals surface area contributed by atoms with Gasteiger partial charge in [-0.05, 0) is 99.9 Å². The molecule has 2 aromatic heterocycles. The summed E-state index contributed by atoms with van der Waals surface area (Å²) in [6.45, 7) is 4.49. The molecule has 1 fully saturated rings. The number of ether oxygens (including phenoxy) is 1. The number of aromatic nitrogens is 8. The lowest BCUT2D eigenvalue weighted by Gasteiger charge is -2.27. The maximum Gasteiger partial charge on any atom is 0.243 e. The molecule has 1 aliphatic rings. The highest BCUT2D eigenvalue weighted by Gasteiger charge is 2.29. The number of aryl methyl sites for hydroxylation is 2. The van der Waals surface area contributed by atoms with E-state index in [2.05, 4.69) is 41.3 Å². The van der Waals surface area contributed by atoms with E-state index in [1.807, 2.05) is 0 Å². The Morgan fingerprint density at radius 3 is 1.85 bits per heavy atom. The van der Waals surface area contributed by atoms with E-state index in [9.17, 15) is 18.6 Å². The number of morpholine rings is 1. The summed E-state index contributed by atoms with van der Waals surface area (Å²) in [6.07, 6.45) is 3.06. The minimum atomic E-state index is -3.85. The van der Waals surface area contributed by atoms with Crippen molar-refractivity contribution in [3.05, 3.63) is 100 Å². The molecule has 0 unspecified atom stereocenters. The number of nitrogens with zero attached hydrogens (tertiary/aromatic N) is 11. The van der Waals surface area contributed by atoms with Crippen LogP contribution in [0, 0.1) is 13.8 Å². The molecular weight excluding hydrogens is 614 g/mol. The van der Waals surface area contributed by atoms with Crippen LogP contribution in [0.2, 0.25) is 0 Å². The molecule has 0 saturated carbocycles. The molecule has 0 aliphatic carbocycles. The summed E-state index contributed by atoms with van der Waals surface area (Å²) in [7, 11) is -3.85. The summed E-state index contributed by atoms with van der Waals surface area (Å²) in [5, 5.41) is 53.5. The van der Waals surface area contributed by atoms with Crippen LogP contribution in [-0.4, -0.2) is 102 Å². The SMILES string of the molecule is Cc1nnnn1N=Cc1ccc(O)c(C(c2cccc(S(=O)(=O)N3CCOCC3)c2)c2cc(C=Nn3nnnc3C)ccc2O)c1. The fourth-order valence-corrected chi connectivity index (χ4v) is 6.46. The van der Waals surface area contributed by atoms with Gasteiger partial charge in [0.05, 0.1) is 30.5 Å². The predicted molar refractivity (Wildman–Crippen MR) is 164 cm³/mol. The zero-order chi connectivity index (χ0) is 32.3. The maximum atomic E-state index is 13.6. The van der Waals surface area contributed by atoms with Crippen molar-refractivity contribution in [2.75, 3.05) is 26.3 Å². The van der Waals surface area contributed by atoms with Gasteiger partial charge in [-0.1, -0.05) is 12.1 Å². The Morgan fingerprint density at radius 2 is 1.35 bits per heavy atom. The van der Waals surface area contributed by atoms with Crippen molar-refractivity contribution in [1.82, 2.24) is 44.9 Å². The van der Waals surface area contributed by atoms with Gasteiger partial charge in [-0.15, -0.1) is 19.8 Å². The number of hydrogen-bond donors (Lipinski definition) is 2. The van der Waals surface area contributed by atoms with Crippen LogP contribution in [0.15, 0.2) is 75.8 Å². The Kier molecular flexibility index (Phi) is 8.60. The quantitative estimate of drug-likeness (QED) is 0.175. The van der Waals surface area contributed by atoms with Crippen molar-refractivity contribution in [1.29, 1.82) is 0 Å². The first-order valence-electron chi connectivity index (χ1n) is 14.1. The second-order valence-corrected chi connectivity index (χ2v) is 12.3. The third kappa shape index (κ3) is 6.37. The van der Waals surface area contributed by atoms with Gasteiger partial charge in [0.2, 0.25) is 10.0 Å². The second kappa shape index (κ2) is 12.9. The first-order valence-corrected chi connectivity index (χ1v) is 15.6. The molecule has 0 bridgehead atoms. The number of benzene rings is 3. The number of tetrazole rings is 2. The van der Waals surface area contributed by atoms with Crippen LogP contribution in [0.3, 0.4) is 0 Å². The Morgan fingerprint density at radius 1 is 0.804 bits per heavy atom. The van der Waals surface area contributed by atoms with E-state index in [4.69, 9.17) is 4.74 Å². The molecule has 46 heavy (non-hydrogen) atoms. The Balaban J connectivity index is 1.48. The van der Waals surface area contributed by atoms with E-state index in [-0.39, 0.29) is 29.5 Å². The highest BCUT2D eigenvalue weighted by molar-refractivity contribution is 7.89. The third-order valence-corrected chi connectivity index (χ3v) is 9.26. The summed E-state index contributed by atoms with van der Waals surface area (Å²) in [4.78, 5) is 2.59. The molecule has 236 valence electrons. The molecule has 0 amide bonds. The summed E-state index contributed by atoms with van der Waals surface area (Å²) in [5.41, 5.74) is 2.47. The van der Waals surface area contributed by atoms with Gasteiger partial charge in [0.25, 0.3) is 0 Å². The van der Waals surface area contributed by atoms with Crippen LogP contribution < -0.4 is 0 Å². The molecule has 0 spiro atoms. The van der Waals surface area contributed by atoms with Crippen LogP contribution >= 0.6 is 0 Å². The summed E-state index contributed by atoms with van der Waals surface area (Å²) < 4.78 is 34.0. The molecule has 1 aliphatic heterocycles. The topological polar surface area (TPSA) is 199 Å². The number of aromatic hydroxyl groups is 2. The van der Waals surface area contributed by atoms with Crippen molar-refractivity contribution < 1.29 is 23.4 Å². The Bertz CT molecular complexity index is 1930. The smallest absolute Gasteiger partial charge is 0.243 e. The monoisotopic (exact) mass is 643 g/mol. The average molecular weight is 644 g/mol. The number of phenols is 2. The number of phenolic OH excluding ortho intramolecular Hbond substituents is 2. The minimum absolute atomic E-state index is 0.0784. The van der Waals surface area contributed by atoms with Gasteiger partial charge in [-0.25, -0.2) is 8.42 Å². The highest BCUT2D eigenvalue weighted by Crippen LogP contribution is 2.41. The van der Waals surface area contributed by atoms with Gasteiger partial charge in [-0.3, -0.25) is 0 Å². The minimum Gasteiger partial charge on any atom is -0.508 e. The normalized spacial score (nSPS) is 15.2. The van der Waals surface area contributed by atoms with Crippen LogP contribution in [-0.2, 0) is 14.8 Å². The molecule has 0 atom stereocenters. The number of hydrogen-bond acceptors (Lipinski definition) is 13. The van der Waals surface area contributed by atoms with E-state index in [0.29, 0.717) is 52.7 Å². The number of rotatable bonds is 9. The molecule has 16 nitrogen and oxygen atoms in total. The average Bonchev–Trinajstić information content (AvgIpc) is 3.68. The van der Waals surface area contributed by atoms with E-state index in [1.165, 1.54) is 44.5 Å². The van der Waals surface area contributed by atoms with Crippen LogP contribution in [0.4, 0.5) is 0 Å². The van der Waals surface area contributed by atoms with Crippen LogP contribution in [0.25, 0.3) is 0 Å². The van der Waals surface area contributed by atoms with Gasteiger partial charge in [0.15, 0.2) is 11.6 Å². The van der Waals surface area contributed by atoms with E-state index in [1.54, 1.807) is 56.3 Å². The van der Waals surface area contributed by atoms with E-state index in [0.717, 1.165) is 0 Å². The molecule has 1 saturated heterocycles. The zero-order valence-corrected chi connectivity index (χ0v) is 25.6. The van der Waals surface area contributed by atoms with Crippen molar-refractivity contribution in [2.45, 2.75) is 24.7 Å². The maximum absolute atomic E-state index is 13.6. The molecule has 6 rings (SSSR count). The molecule has 3 heterocycles. The van der Waals surface area contributed by atoms with Gasteiger partial charge >= 0.3 is 0 Å². The fourth-order valence-electron chi connectivity index (χ4n) is 5.00. The Labute approximate surface area is 263 Å². The summed E-state index contributed by atoms with van der Waals surface area (Å²) >= 11 is 0. The van der Waals surface area contributed by atoms with Crippen molar-refractivity contribution in [3.8, 4) is 11.5 Å². The summed E-state index contributed by atoms with van der Waals surface area (Å²) in [6, 6.07) is 16.2. The van der Waals surface area contributed by atoms with Crippen LogP contribution in [0.5, 0.6) is 11.5 Å². The third-order valence-electron chi connectivity index (χ3n) is 7.36. The van der Waals surface area contributed by atoms with Gasteiger partial charge < -0.3 is 14.9 Å². The molecule has 2 N–H and O–H groups in total. The fraction of sp³-hybridized carbons (Fsp3) is 0.241. The molecule has 0 radical (unpaired) electrons. The lowest BCUT2D eigenvalue weighted by molar-refractivity contribution is 0.0730. The summed E-state index contributed by atoms with van der Waals surface area (Å²) in [5.74, 6) is -0.0283. The van der Waals surface area contributed by atoms with Crippen LogP contribution in [0.1, 0.15) is 45.4 Å². The van der Waals surface area contributed by atoms with Gasteiger partial charge in [-0.2, -0.15) is 14.5 Å². The van der Waals surface area contributed by atoms with Gasteiger partial charge in [0, 0.05) is 30.1 Å². The molecular formula is C29H29N11O5S.